The number of rotatable bonds is 3. The van der Waals surface area contributed by atoms with Crippen LogP contribution in [0.5, 0.6) is 0 Å². The Hall–Kier alpha value is -1.09. The fourth-order valence-electron chi connectivity index (χ4n) is 0.955. The molecule has 0 saturated heterocycles. The van der Waals surface area contributed by atoms with Crippen molar-refractivity contribution < 1.29 is 42.5 Å². The van der Waals surface area contributed by atoms with Crippen molar-refractivity contribution in [2.45, 2.75) is 11.8 Å². The van der Waals surface area contributed by atoms with Gasteiger partial charge in [-0.05, 0) is 18.6 Å². The Labute approximate surface area is 115 Å². The molecule has 20 heavy (non-hydrogen) atoms. The van der Waals surface area contributed by atoms with Crippen LogP contribution < -0.4 is 0 Å². The molecule has 0 aromatic heterocycles. The number of hydrogen-bond donors (Lipinski definition) is 3. The fourth-order valence-corrected chi connectivity index (χ4v) is 2.55. The number of aryl methyl sites for hydroxylation is 1. The van der Waals surface area contributed by atoms with Crippen LogP contribution in [0.4, 0.5) is 0 Å². The summed E-state index contributed by atoms with van der Waals surface area (Å²) in [5.41, 5.74) is 0.551. The van der Waals surface area contributed by atoms with E-state index in [2.05, 4.69) is 3.63 Å². The Morgan fingerprint density at radius 1 is 0.850 bits per heavy atom. The van der Waals surface area contributed by atoms with E-state index in [-0.39, 0.29) is 4.90 Å². The van der Waals surface area contributed by atoms with E-state index < -0.39 is 30.9 Å². The first-order valence-corrected chi connectivity index (χ1v) is 8.58. The number of benzene rings is 1. The van der Waals surface area contributed by atoms with Crippen LogP contribution in [0.2, 0.25) is 0 Å². The second-order valence-electron chi connectivity index (χ2n) is 3.16. The summed E-state index contributed by atoms with van der Waals surface area (Å²) in [6.45, 7) is 1.63. The van der Waals surface area contributed by atoms with E-state index in [9.17, 15) is 25.3 Å². The maximum absolute atomic E-state index is 10.6. The quantitative estimate of drug-likeness (QED) is 0.622. The molecule has 0 spiro atoms. The summed E-state index contributed by atoms with van der Waals surface area (Å²) in [6, 6.07) is 6.27. The van der Waals surface area contributed by atoms with Crippen LogP contribution in [-0.4, -0.2) is 38.9 Å². The molecule has 1 rings (SSSR count). The van der Waals surface area contributed by atoms with E-state index in [1.165, 1.54) is 6.07 Å². The van der Waals surface area contributed by atoms with Crippen molar-refractivity contribution >= 4 is 30.9 Å². The van der Waals surface area contributed by atoms with Gasteiger partial charge in [0.25, 0.3) is 10.1 Å². The molecule has 116 valence electrons. The standard InChI is InChI=1S/C7H8O3S.H2O7S2/c1-6-4-2-3-5-7(6)11(8,9)10;1-8(2,3)7-9(4,5)6/h2-5H,1H3,(H,8,9,10);(H,1,2,3)(H,4,5,6). The summed E-state index contributed by atoms with van der Waals surface area (Å²) in [4.78, 5) is -0.0278. The highest BCUT2D eigenvalue weighted by Gasteiger charge is 2.15. The maximum Gasteiger partial charge on any atom is 0.413 e. The number of hydrogen-bond acceptors (Lipinski definition) is 7. The van der Waals surface area contributed by atoms with Crippen LogP contribution in [-0.2, 0) is 34.5 Å². The molecule has 0 heterocycles. The maximum atomic E-state index is 10.6. The van der Waals surface area contributed by atoms with Gasteiger partial charge in [-0.15, -0.1) is 3.63 Å². The SMILES string of the molecule is Cc1ccccc1S(=O)(=O)O.O=S(=O)(O)OS(=O)(=O)O. The molecule has 0 aliphatic heterocycles. The lowest BCUT2D eigenvalue weighted by atomic mass is 10.2. The average Bonchev–Trinajstić information content (AvgIpc) is 2.11. The molecule has 0 aliphatic carbocycles. The Morgan fingerprint density at radius 3 is 1.45 bits per heavy atom. The molecular weight excluding hydrogens is 340 g/mol. The third-order valence-corrected chi connectivity index (χ3v) is 3.93. The fraction of sp³-hybridized carbons (Fsp3) is 0.143. The third kappa shape index (κ3) is 8.92. The predicted octanol–water partition coefficient (Wildman–Crippen LogP) is -0.150. The normalized spacial score (nSPS) is 12.4. The minimum Gasteiger partial charge on any atom is -0.282 e. The van der Waals surface area contributed by atoms with Gasteiger partial charge in [-0.1, -0.05) is 18.2 Å². The van der Waals surface area contributed by atoms with Gasteiger partial charge in [0.15, 0.2) is 0 Å². The van der Waals surface area contributed by atoms with Gasteiger partial charge in [-0.25, -0.2) is 0 Å². The summed E-state index contributed by atoms with van der Waals surface area (Å²) < 4.78 is 85.4. The predicted molar refractivity (Wildman–Crippen MR) is 65.2 cm³/mol. The molecule has 0 bridgehead atoms. The van der Waals surface area contributed by atoms with Crippen molar-refractivity contribution in [3.63, 3.8) is 0 Å². The Bertz CT molecular complexity index is 729. The van der Waals surface area contributed by atoms with Crippen LogP contribution in [0.1, 0.15) is 5.56 Å². The Kier molecular flexibility index (Phi) is 6.22. The van der Waals surface area contributed by atoms with Crippen LogP contribution in [0.25, 0.3) is 0 Å². The molecule has 0 radical (unpaired) electrons. The molecule has 13 heteroatoms. The van der Waals surface area contributed by atoms with Gasteiger partial charge < -0.3 is 0 Å². The molecule has 1 aromatic carbocycles. The second-order valence-corrected chi connectivity index (χ2v) is 6.81. The van der Waals surface area contributed by atoms with Gasteiger partial charge in [-0.2, -0.15) is 25.3 Å². The van der Waals surface area contributed by atoms with Crippen molar-refractivity contribution in [3.05, 3.63) is 29.8 Å². The van der Waals surface area contributed by atoms with Crippen LogP contribution in [0, 0.1) is 6.92 Å². The first kappa shape index (κ1) is 18.9. The zero-order valence-electron chi connectivity index (χ0n) is 9.73. The molecule has 1 aromatic rings. The summed E-state index contributed by atoms with van der Waals surface area (Å²) in [5.74, 6) is 0. The molecular formula is C7H10O10S3. The van der Waals surface area contributed by atoms with Crippen molar-refractivity contribution in [1.29, 1.82) is 0 Å². The molecule has 0 unspecified atom stereocenters. The van der Waals surface area contributed by atoms with Gasteiger partial charge in [0.1, 0.15) is 0 Å². The van der Waals surface area contributed by atoms with E-state index in [0.29, 0.717) is 5.56 Å². The van der Waals surface area contributed by atoms with Crippen molar-refractivity contribution in [3.8, 4) is 0 Å². The highest BCUT2D eigenvalue weighted by atomic mass is 32.3. The molecule has 3 N–H and O–H groups in total. The summed E-state index contributed by atoms with van der Waals surface area (Å²) in [5, 5.41) is 0. The molecule has 0 amide bonds. The van der Waals surface area contributed by atoms with E-state index in [1.54, 1.807) is 25.1 Å². The highest BCUT2D eigenvalue weighted by Crippen LogP contribution is 2.12. The zero-order valence-corrected chi connectivity index (χ0v) is 12.2. The molecule has 0 saturated carbocycles. The summed E-state index contributed by atoms with van der Waals surface area (Å²) >= 11 is 0. The lowest BCUT2D eigenvalue weighted by Gasteiger charge is -1.99. The van der Waals surface area contributed by atoms with Crippen molar-refractivity contribution in [1.82, 2.24) is 0 Å². The minimum atomic E-state index is -5.12. The molecule has 0 aliphatic rings. The summed E-state index contributed by atoms with van der Waals surface area (Å²) in [6.07, 6.45) is 0. The summed E-state index contributed by atoms with van der Waals surface area (Å²) in [7, 11) is -14.3. The topological polar surface area (TPSA) is 172 Å². The van der Waals surface area contributed by atoms with Gasteiger partial charge in [-0.3, -0.25) is 13.7 Å². The van der Waals surface area contributed by atoms with Gasteiger partial charge in [0.2, 0.25) is 0 Å². The first-order chi connectivity index (χ1) is 8.72. The van der Waals surface area contributed by atoms with E-state index in [0.717, 1.165) is 0 Å². The van der Waals surface area contributed by atoms with Crippen LogP contribution >= 0.6 is 0 Å². The van der Waals surface area contributed by atoms with E-state index in [1.807, 2.05) is 0 Å². The smallest absolute Gasteiger partial charge is 0.282 e. The van der Waals surface area contributed by atoms with Crippen molar-refractivity contribution in [2.75, 3.05) is 0 Å². The Balaban J connectivity index is 0.000000370. The largest absolute Gasteiger partial charge is 0.413 e. The van der Waals surface area contributed by atoms with Crippen LogP contribution in [0.3, 0.4) is 0 Å². The Morgan fingerprint density at radius 2 is 1.25 bits per heavy atom. The van der Waals surface area contributed by atoms with E-state index in [4.69, 9.17) is 13.7 Å². The lowest BCUT2D eigenvalue weighted by Crippen LogP contribution is -2.10. The average molecular weight is 350 g/mol. The van der Waals surface area contributed by atoms with Gasteiger partial charge in [0, 0.05) is 0 Å². The zero-order chi connectivity index (χ0) is 16.2. The molecule has 0 atom stereocenters. The van der Waals surface area contributed by atoms with Crippen LogP contribution in [0.15, 0.2) is 29.2 Å². The van der Waals surface area contributed by atoms with E-state index >= 15 is 0 Å². The lowest BCUT2D eigenvalue weighted by molar-refractivity contribution is 0.344. The third-order valence-electron chi connectivity index (χ3n) is 1.54. The van der Waals surface area contributed by atoms with Gasteiger partial charge >= 0.3 is 20.8 Å². The second kappa shape index (κ2) is 6.57. The molecule has 0 fully saturated rings. The molecule has 10 nitrogen and oxygen atoms in total. The monoisotopic (exact) mass is 350 g/mol. The van der Waals surface area contributed by atoms with Crippen molar-refractivity contribution in [2.24, 2.45) is 0 Å². The first-order valence-electron chi connectivity index (χ1n) is 4.41. The highest BCUT2D eigenvalue weighted by molar-refractivity contribution is 7.94. The minimum absolute atomic E-state index is 0.0278. The van der Waals surface area contributed by atoms with Gasteiger partial charge in [0.05, 0.1) is 4.90 Å².